The highest BCUT2D eigenvalue weighted by molar-refractivity contribution is 7.89. The summed E-state index contributed by atoms with van der Waals surface area (Å²) in [7, 11) is -3.50. The molecule has 0 heterocycles. The van der Waals surface area contributed by atoms with Crippen LogP contribution in [0.25, 0.3) is 0 Å². The van der Waals surface area contributed by atoms with Crippen LogP contribution >= 0.6 is 23.2 Å². The van der Waals surface area contributed by atoms with Gasteiger partial charge in [0, 0.05) is 16.4 Å². The molecule has 0 bridgehead atoms. The number of nitrogens with one attached hydrogen (secondary N) is 1. The Morgan fingerprint density at radius 3 is 2.33 bits per heavy atom. The van der Waals surface area contributed by atoms with E-state index in [9.17, 15) is 8.42 Å². The van der Waals surface area contributed by atoms with Crippen LogP contribution in [0.1, 0.15) is 25.7 Å². The second-order valence-corrected chi connectivity index (χ2v) is 7.19. The molecule has 1 aliphatic carbocycles. The summed E-state index contributed by atoms with van der Waals surface area (Å²) < 4.78 is 27.0. The fraction of sp³-hybridized carbons (Fsp3) is 0.500. The number of alkyl halides is 1. The summed E-state index contributed by atoms with van der Waals surface area (Å²) in [5, 5.41) is 0.391. The number of halogens is 2. The predicted molar refractivity (Wildman–Crippen MR) is 73.7 cm³/mol. The maximum Gasteiger partial charge on any atom is 0.240 e. The lowest BCUT2D eigenvalue weighted by Gasteiger charge is -2.27. The summed E-state index contributed by atoms with van der Waals surface area (Å²) in [6.45, 7) is 0. The van der Waals surface area contributed by atoms with E-state index in [-0.39, 0.29) is 16.3 Å². The van der Waals surface area contributed by atoms with Crippen molar-refractivity contribution in [2.24, 2.45) is 0 Å². The minimum Gasteiger partial charge on any atom is -0.207 e. The van der Waals surface area contributed by atoms with Crippen molar-refractivity contribution < 1.29 is 8.42 Å². The second kappa shape index (κ2) is 5.78. The van der Waals surface area contributed by atoms with E-state index >= 15 is 0 Å². The molecule has 2 rings (SSSR count). The molecule has 2 atom stereocenters. The molecule has 18 heavy (non-hydrogen) atoms. The van der Waals surface area contributed by atoms with Crippen molar-refractivity contribution in [2.45, 2.75) is 42.0 Å². The van der Waals surface area contributed by atoms with Crippen molar-refractivity contribution in [1.29, 1.82) is 0 Å². The maximum atomic E-state index is 12.1. The average Bonchev–Trinajstić information content (AvgIpc) is 2.32. The highest BCUT2D eigenvalue weighted by atomic mass is 35.5. The zero-order chi connectivity index (χ0) is 13.2. The molecule has 1 aromatic carbocycles. The first-order valence-corrected chi connectivity index (χ1v) is 8.21. The first-order chi connectivity index (χ1) is 8.49. The lowest BCUT2D eigenvalue weighted by molar-refractivity contribution is 0.418. The van der Waals surface area contributed by atoms with E-state index in [1.165, 1.54) is 12.1 Å². The Morgan fingerprint density at radius 2 is 1.72 bits per heavy atom. The number of hydrogen-bond donors (Lipinski definition) is 1. The second-order valence-electron chi connectivity index (χ2n) is 4.48. The van der Waals surface area contributed by atoms with Gasteiger partial charge in [-0.1, -0.05) is 24.4 Å². The zero-order valence-electron chi connectivity index (χ0n) is 9.77. The third-order valence-corrected chi connectivity index (χ3v) is 5.39. The number of rotatable bonds is 3. The average molecular weight is 308 g/mol. The van der Waals surface area contributed by atoms with Gasteiger partial charge in [-0.3, -0.25) is 0 Å². The van der Waals surface area contributed by atoms with Gasteiger partial charge in [-0.15, -0.1) is 11.6 Å². The molecule has 0 unspecified atom stereocenters. The van der Waals surface area contributed by atoms with E-state index in [0.29, 0.717) is 5.02 Å². The summed E-state index contributed by atoms with van der Waals surface area (Å²) in [5.74, 6) is 0. The zero-order valence-corrected chi connectivity index (χ0v) is 12.1. The molecule has 1 aliphatic rings. The van der Waals surface area contributed by atoms with Gasteiger partial charge in [0.15, 0.2) is 0 Å². The van der Waals surface area contributed by atoms with Crippen molar-refractivity contribution >= 4 is 33.2 Å². The molecule has 1 saturated carbocycles. The minimum atomic E-state index is -3.50. The van der Waals surface area contributed by atoms with E-state index < -0.39 is 10.0 Å². The number of sulfonamides is 1. The molecular formula is C12H15Cl2NO2S. The largest absolute Gasteiger partial charge is 0.240 e. The molecule has 1 aromatic rings. The first-order valence-electron chi connectivity index (χ1n) is 5.91. The molecule has 0 aromatic heterocycles. The van der Waals surface area contributed by atoms with Gasteiger partial charge in [0.05, 0.1) is 4.90 Å². The van der Waals surface area contributed by atoms with Gasteiger partial charge in [0.25, 0.3) is 0 Å². The topological polar surface area (TPSA) is 46.2 Å². The van der Waals surface area contributed by atoms with Crippen LogP contribution in [0.2, 0.25) is 5.02 Å². The summed E-state index contributed by atoms with van der Waals surface area (Å²) in [4.78, 5) is 0.223. The van der Waals surface area contributed by atoms with E-state index in [1.54, 1.807) is 12.1 Å². The predicted octanol–water partition coefficient (Wildman–Crippen LogP) is 3.17. The van der Waals surface area contributed by atoms with Crippen molar-refractivity contribution in [2.75, 3.05) is 0 Å². The van der Waals surface area contributed by atoms with Crippen LogP contribution in [0, 0.1) is 0 Å². The van der Waals surface area contributed by atoms with Crippen molar-refractivity contribution in [3.8, 4) is 0 Å². The van der Waals surface area contributed by atoms with Crippen LogP contribution in [0.3, 0.4) is 0 Å². The van der Waals surface area contributed by atoms with Crippen LogP contribution < -0.4 is 4.72 Å². The van der Waals surface area contributed by atoms with Gasteiger partial charge in [-0.05, 0) is 37.1 Å². The number of benzene rings is 1. The Labute approximate surface area is 118 Å². The van der Waals surface area contributed by atoms with Gasteiger partial charge < -0.3 is 0 Å². The van der Waals surface area contributed by atoms with Crippen molar-refractivity contribution in [1.82, 2.24) is 4.72 Å². The summed E-state index contributed by atoms with van der Waals surface area (Å²) in [6, 6.07) is 5.94. The lowest BCUT2D eigenvalue weighted by Crippen LogP contribution is -2.42. The monoisotopic (exact) mass is 307 g/mol. The van der Waals surface area contributed by atoms with Crippen molar-refractivity contribution in [3.05, 3.63) is 29.3 Å². The Balaban J connectivity index is 2.13. The van der Waals surface area contributed by atoms with Crippen molar-refractivity contribution in [3.63, 3.8) is 0 Å². The Hall–Kier alpha value is -0.290. The Kier molecular flexibility index (Phi) is 4.54. The molecular weight excluding hydrogens is 293 g/mol. The van der Waals surface area contributed by atoms with E-state index in [2.05, 4.69) is 4.72 Å². The molecule has 0 spiro atoms. The quantitative estimate of drug-likeness (QED) is 0.872. The van der Waals surface area contributed by atoms with Gasteiger partial charge in [-0.2, -0.15) is 0 Å². The molecule has 1 fully saturated rings. The Morgan fingerprint density at radius 1 is 1.11 bits per heavy atom. The third kappa shape index (κ3) is 3.38. The normalized spacial score (nSPS) is 25.0. The van der Waals surface area contributed by atoms with Crippen LogP contribution in [-0.4, -0.2) is 19.8 Å². The molecule has 0 amide bonds. The standard InChI is InChI=1S/C12H15Cl2NO2S/c13-9-5-7-10(8-6-9)18(16,17)15-12-4-2-1-3-11(12)14/h5-8,11-12,15H,1-4H2/t11-,12-/m0/s1. The molecule has 0 saturated heterocycles. The maximum absolute atomic E-state index is 12.1. The van der Waals surface area contributed by atoms with Gasteiger partial charge >= 0.3 is 0 Å². The van der Waals surface area contributed by atoms with Gasteiger partial charge in [0.1, 0.15) is 0 Å². The summed E-state index contributed by atoms with van der Waals surface area (Å²) in [6.07, 6.45) is 3.72. The van der Waals surface area contributed by atoms with E-state index in [4.69, 9.17) is 23.2 Å². The summed E-state index contributed by atoms with van der Waals surface area (Å²) >= 11 is 11.9. The van der Waals surface area contributed by atoms with Gasteiger partial charge in [0.2, 0.25) is 10.0 Å². The summed E-state index contributed by atoms with van der Waals surface area (Å²) in [5.41, 5.74) is 0. The first kappa shape index (κ1) is 14.1. The number of hydrogen-bond acceptors (Lipinski definition) is 2. The Bertz CT molecular complexity index is 501. The van der Waals surface area contributed by atoms with Gasteiger partial charge in [-0.25, -0.2) is 13.1 Å². The molecule has 6 heteroatoms. The minimum absolute atomic E-state index is 0.124. The molecule has 100 valence electrons. The smallest absolute Gasteiger partial charge is 0.207 e. The fourth-order valence-corrected chi connectivity index (χ4v) is 3.95. The third-order valence-electron chi connectivity index (χ3n) is 3.11. The van der Waals surface area contributed by atoms with Crippen LogP contribution in [0.5, 0.6) is 0 Å². The highest BCUT2D eigenvalue weighted by Crippen LogP contribution is 2.24. The fourth-order valence-electron chi connectivity index (χ4n) is 2.10. The van der Waals surface area contributed by atoms with E-state index in [0.717, 1.165) is 25.7 Å². The molecule has 3 nitrogen and oxygen atoms in total. The lowest BCUT2D eigenvalue weighted by atomic mass is 9.96. The highest BCUT2D eigenvalue weighted by Gasteiger charge is 2.27. The van der Waals surface area contributed by atoms with E-state index in [1.807, 2.05) is 0 Å². The molecule has 0 radical (unpaired) electrons. The van der Waals surface area contributed by atoms with Crippen LogP contribution in [0.15, 0.2) is 29.2 Å². The van der Waals surface area contributed by atoms with Crippen LogP contribution in [-0.2, 0) is 10.0 Å². The van der Waals surface area contributed by atoms with Crippen LogP contribution in [0.4, 0.5) is 0 Å². The SMILES string of the molecule is O=S(=O)(N[C@H]1CCCC[C@@H]1Cl)c1ccc(Cl)cc1. The molecule has 1 N–H and O–H groups in total. The molecule has 0 aliphatic heterocycles.